The number of alkyl halides is 3. The van der Waals surface area contributed by atoms with Crippen molar-refractivity contribution >= 4 is 48.8 Å². The first kappa shape index (κ1) is 38.1. The van der Waals surface area contributed by atoms with Crippen LogP contribution in [0.15, 0.2) is 44.7 Å². The highest BCUT2D eigenvalue weighted by molar-refractivity contribution is 9.10. The number of benzene rings is 1. The normalized spacial score (nSPS) is 14.5. The van der Waals surface area contributed by atoms with Gasteiger partial charge in [0.1, 0.15) is 18.1 Å². The van der Waals surface area contributed by atoms with Gasteiger partial charge in [0.25, 0.3) is 11.1 Å². The third-order valence-corrected chi connectivity index (χ3v) is 15.1. The average Bonchev–Trinajstić information content (AvgIpc) is 2.88. The van der Waals surface area contributed by atoms with E-state index >= 15 is 0 Å². The molecule has 0 aliphatic carbocycles. The molecule has 1 N–H and O–H groups in total. The summed E-state index contributed by atoms with van der Waals surface area (Å²) in [6.07, 6.45) is -2.74. The molecular weight excluding hydrogens is 704 g/mol. The second-order valence-electron chi connectivity index (χ2n) is 14.5. The molecule has 0 aliphatic heterocycles. The van der Waals surface area contributed by atoms with Crippen molar-refractivity contribution in [2.45, 2.75) is 110 Å². The van der Waals surface area contributed by atoms with Gasteiger partial charge < -0.3 is 19.0 Å². The Morgan fingerprint density at radius 1 is 1.07 bits per heavy atom. The molecule has 2 heterocycles. The SMILES string of the molecule is C[C@@H](CC(Cn1ccc2cc(Br)c(F)cc2c1=O)O[Si](C)(C)C(C)(C)C)Nc1cnn(COCC[Si](C)(C)C)c(=O)c1C(F)(F)F. The molecule has 3 rings (SSSR count). The van der Waals surface area contributed by atoms with Crippen molar-refractivity contribution in [3.8, 4) is 0 Å². The van der Waals surface area contributed by atoms with E-state index in [-0.39, 0.29) is 34.6 Å². The maximum Gasteiger partial charge on any atom is 0.423 e. The predicted molar refractivity (Wildman–Crippen MR) is 183 cm³/mol. The van der Waals surface area contributed by atoms with E-state index in [2.05, 4.69) is 66.8 Å². The Morgan fingerprint density at radius 3 is 2.30 bits per heavy atom. The van der Waals surface area contributed by atoms with Crippen molar-refractivity contribution in [1.82, 2.24) is 14.3 Å². The smallest absolute Gasteiger partial charge is 0.412 e. The molecule has 256 valence electrons. The van der Waals surface area contributed by atoms with Gasteiger partial charge >= 0.3 is 6.18 Å². The van der Waals surface area contributed by atoms with E-state index in [0.717, 1.165) is 12.2 Å². The Hall–Kier alpha value is -2.34. The van der Waals surface area contributed by atoms with Crippen LogP contribution in [0.2, 0.25) is 43.8 Å². The van der Waals surface area contributed by atoms with Crippen LogP contribution < -0.4 is 16.4 Å². The molecule has 1 aromatic carbocycles. The van der Waals surface area contributed by atoms with Crippen LogP contribution in [-0.4, -0.2) is 49.5 Å². The van der Waals surface area contributed by atoms with E-state index in [0.29, 0.717) is 16.7 Å². The molecule has 0 aliphatic rings. The topological polar surface area (TPSA) is 87.4 Å². The van der Waals surface area contributed by atoms with Crippen LogP contribution in [0, 0.1) is 5.82 Å². The minimum absolute atomic E-state index is 0.0890. The summed E-state index contributed by atoms with van der Waals surface area (Å²) in [5, 5.41) is 7.36. The number of nitrogens with zero attached hydrogens (tertiary/aromatic N) is 3. The fourth-order valence-corrected chi connectivity index (χ4v) is 7.08. The number of ether oxygens (including phenoxy) is 1. The second kappa shape index (κ2) is 14.4. The number of nitrogens with one attached hydrogen (secondary N) is 1. The summed E-state index contributed by atoms with van der Waals surface area (Å²) in [5.74, 6) is -0.566. The van der Waals surface area contributed by atoms with E-state index in [1.807, 2.05) is 13.1 Å². The summed E-state index contributed by atoms with van der Waals surface area (Å²) >= 11 is 3.14. The molecule has 0 saturated heterocycles. The lowest BCUT2D eigenvalue weighted by atomic mass is 10.1. The highest BCUT2D eigenvalue weighted by Crippen LogP contribution is 2.38. The summed E-state index contributed by atoms with van der Waals surface area (Å²) in [5.41, 5.74) is -3.51. The molecule has 2 atom stereocenters. The van der Waals surface area contributed by atoms with E-state index in [9.17, 15) is 27.2 Å². The summed E-state index contributed by atoms with van der Waals surface area (Å²) in [4.78, 5) is 26.3. The minimum Gasteiger partial charge on any atom is -0.412 e. The highest BCUT2D eigenvalue weighted by Gasteiger charge is 2.41. The molecule has 0 spiro atoms. The van der Waals surface area contributed by atoms with Crippen LogP contribution in [-0.2, 0) is 28.6 Å². The predicted octanol–water partition coefficient (Wildman–Crippen LogP) is 8.07. The quantitative estimate of drug-likeness (QED) is 0.108. The molecule has 46 heavy (non-hydrogen) atoms. The van der Waals surface area contributed by atoms with Gasteiger partial charge in [-0.1, -0.05) is 40.4 Å². The zero-order valence-corrected chi connectivity index (χ0v) is 31.5. The third-order valence-electron chi connectivity index (χ3n) is 8.24. The maximum atomic E-state index is 14.3. The van der Waals surface area contributed by atoms with E-state index in [1.165, 1.54) is 16.7 Å². The third kappa shape index (κ3) is 9.84. The van der Waals surface area contributed by atoms with Gasteiger partial charge in [-0.25, -0.2) is 9.07 Å². The van der Waals surface area contributed by atoms with Gasteiger partial charge in [-0.3, -0.25) is 9.59 Å². The first-order chi connectivity index (χ1) is 21.0. The molecule has 1 unspecified atom stereocenters. The summed E-state index contributed by atoms with van der Waals surface area (Å²) in [7, 11) is -3.85. The lowest BCUT2D eigenvalue weighted by Crippen LogP contribution is -2.46. The van der Waals surface area contributed by atoms with Crippen LogP contribution in [0.3, 0.4) is 0 Å². The number of anilines is 1. The standard InChI is InChI=1S/C31H45BrF4N4O4Si2/c1-20(38-26-17-37-40(19-43-12-13-45(5,6)7)29(42)27(26)31(34,35)36)14-22(44-46(8,9)30(2,3)4)18-39-11-10-21-15-24(32)25(33)16-23(21)28(39)41/h10-11,15-17,20,22,38H,12-14,18-19H2,1-9H3/t20-,22?/m0/s1. The van der Waals surface area contributed by atoms with Crippen LogP contribution >= 0.6 is 15.9 Å². The monoisotopic (exact) mass is 748 g/mol. The number of hydrogen-bond acceptors (Lipinski definition) is 6. The van der Waals surface area contributed by atoms with Gasteiger partial charge in [0.05, 0.1) is 34.4 Å². The van der Waals surface area contributed by atoms with Crippen LogP contribution in [0.4, 0.5) is 23.2 Å². The number of aromatic nitrogens is 3. The molecule has 2 aromatic heterocycles. The first-order valence-electron chi connectivity index (χ1n) is 15.2. The molecular formula is C31H45BrF4N4O4Si2. The zero-order chi connectivity index (χ0) is 34.8. The fraction of sp³-hybridized carbons (Fsp3) is 0.581. The van der Waals surface area contributed by atoms with Crippen LogP contribution in [0.25, 0.3) is 10.8 Å². The number of rotatable bonds is 13. The Morgan fingerprint density at radius 2 is 1.72 bits per heavy atom. The molecule has 15 heteroatoms. The van der Waals surface area contributed by atoms with Crippen molar-refractivity contribution in [2.24, 2.45) is 0 Å². The molecule has 3 aromatic rings. The molecule has 0 radical (unpaired) electrons. The summed E-state index contributed by atoms with van der Waals surface area (Å²) < 4.78 is 71.5. The average molecular weight is 750 g/mol. The van der Waals surface area contributed by atoms with Crippen molar-refractivity contribution in [3.63, 3.8) is 0 Å². The van der Waals surface area contributed by atoms with Gasteiger partial charge in [0.2, 0.25) is 0 Å². The lowest BCUT2D eigenvalue weighted by molar-refractivity contribution is -0.138. The van der Waals surface area contributed by atoms with Gasteiger partial charge in [0, 0.05) is 26.9 Å². The summed E-state index contributed by atoms with van der Waals surface area (Å²) in [6.45, 7) is 18.4. The van der Waals surface area contributed by atoms with Crippen LogP contribution in [0.1, 0.15) is 39.7 Å². The molecule has 0 fully saturated rings. The Kier molecular flexibility index (Phi) is 11.9. The van der Waals surface area contributed by atoms with E-state index < -0.39 is 62.9 Å². The summed E-state index contributed by atoms with van der Waals surface area (Å²) in [6, 6.07) is 4.59. The molecule has 8 nitrogen and oxygen atoms in total. The highest BCUT2D eigenvalue weighted by atomic mass is 79.9. The van der Waals surface area contributed by atoms with Crippen molar-refractivity contribution in [2.75, 3.05) is 11.9 Å². The Bertz CT molecular complexity index is 1650. The van der Waals surface area contributed by atoms with Crippen molar-refractivity contribution in [3.05, 3.63) is 67.2 Å². The minimum atomic E-state index is -4.94. The Balaban J connectivity index is 1.91. The number of fused-ring (bicyclic) bond motifs is 1. The largest absolute Gasteiger partial charge is 0.423 e. The number of hydrogen-bond donors (Lipinski definition) is 1. The second-order valence-corrected chi connectivity index (χ2v) is 25.7. The lowest BCUT2D eigenvalue weighted by Gasteiger charge is -2.40. The van der Waals surface area contributed by atoms with E-state index in [4.69, 9.17) is 9.16 Å². The molecule has 0 amide bonds. The maximum absolute atomic E-state index is 14.3. The van der Waals surface area contributed by atoms with Crippen molar-refractivity contribution in [1.29, 1.82) is 0 Å². The van der Waals surface area contributed by atoms with Gasteiger partial charge in [-0.15, -0.1) is 0 Å². The van der Waals surface area contributed by atoms with Gasteiger partial charge in [0.15, 0.2) is 8.32 Å². The first-order valence-corrected chi connectivity index (χ1v) is 22.6. The van der Waals surface area contributed by atoms with Crippen molar-refractivity contribution < 1.29 is 26.7 Å². The van der Waals surface area contributed by atoms with Gasteiger partial charge in [-0.05, 0) is 77.0 Å². The number of halogens is 5. The van der Waals surface area contributed by atoms with Crippen LogP contribution in [0.5, 0.6) is 0 Å². The Labute approximate surface area is 277 Å². The zero-order valence-electron chi connectivity index (χ0n) is 27.9. The fourth-order valence-electron chi connectivity index (χ4n) is 4.61. The number of pyridine rings is 1. The van der Waals surface area contributed by atoms with E-state index in [1.54, 1.807) is 19.2 Å². The van der Waals surface area contributed by atoms with Gasteiger partial charge in [-0.2, -0.15) is 18.3 Å². The molecule has 0 bridgehead atoms. The molecule has 0 saturated carbocycles.